The summed E-state index contributed by atoms with van der Waals surface area (Å²) in [6.45, 7) is 1.54. The van der Waals surface area contributed by atoms with Gasteiger partial charge in [0.2, 0.25) is 0 Å². The number of benzene rings is 1. The highest BCUT2D eigenvalue weighted by Crippen LogP contribution is 2.19. The molecule has 0 aromatic heterocycles. The molecule has 2 rings (SSSR count). The second-order valence-electron chi connectivity index (χ2n) is 4.81. The van der Waals surface area contributed by atoms with Crippen molar-refractivity contribution in [2.45, 2.75) is 24.7 Å². The average Bonchev–Trinajstić information content (AvgIpc) is 2.66. The zero-order valence-electron chi connectivity index (χ0n) is 10.2. The molecule has 0 saturated carbocycles. The second kappa shape index (κ2) is 5.75. The van der Waals surface area contributed by atoms with Crippen LogP contribution in [0.4, 0.5) is 4.39 Å². The Hall–Kier alpha value is -1.01. The summed E-state index contributed by atoms with van der Waals surface area (Å²) >= 11 is 0. The third-order valence-electron chi connectivity index (χ3n) is 3.40. The fraction of sp³-hybridized carbons (Fsp3) is 0.538. The largest absolute Gasteiger partial charge is 0.389 e. The summed E-state index contributed by atoms with van der Waals surface area (Å²) in [6.07, 6.45) is -0.773. The molecule has 3 atom stereocenters. The van der Waals surface area contributed by atoms with Crippen LogP contribution in [0.5, 0.6) is 0 Å². The summed E-state index contributed by atoms with van der Waals surface area (Å²) in [7, 11) is 0. The van der Waals surface area contributed by atoms with Crippen LogP contribution < -0.4 is 5.73 Å². The van der Waals surface area contributed by atoms with Crippen molar-refractivity contribution >= 4 is 0 Å². The molecule has 4 N–H and O–H groups in total. The number of likely N-dealkylation sites (tertiary alicyclic amines) is 1. The zero-order valence-corrected chi connectivity index (χ0v) is 10.2. The SMILES string of the molecule is NC(CCN1CC(O)C(O)C1)c1ccccc1F. The van der Waals surface area contributed by atoms with Crippen LogP contribution >= 0.6 is 0 Å². The summed E-state index contributed by atoms with van der Waals surface area (Å²) in [6, 6.07) is 6.13. The smallest absolute Gasteiger partial charge is 0.127 e. The minimum absolute atomic E-state index is 0.286. The Morgan fingerprint density at radius 3 is 2.50 bits per heavy atom. The third-order valence-corrected chi connectivity index (χ3v) is 3.40. The first-order valence-corrected chi connectivity index (χ1v) is 6.16. The number of hydrogen-bond donors (Lipinski definition) is 3. The Kier molecular flexibility index (Phi) is 4.29. The van der Waals surface area contributed by atoms with Crippen LogP contribution in [0, 0.1) is 5.82 Å². The molecular weight excluding hydrogens is 235 g/mol. The molecule has 4 nitrogen and oxygen atoms in total. The first kappa shape index (κ1) is 13.4. The van der Waals surface area contributed by atoms with Crippen molar-refractivity contribution in [1.29, 1.82) is 0 Å². The maximum absolute atomic E-state index is 13.5. The van der Waals surface area contributed by atoms with Crippen molar-refractivity contribution in [2.75, 3.05) is 19.6 Å². The van der Waals surface area contributed by atoms with Crippen LogP contribution in [0.25, 0.3) is 0 Å². The first-order valence-electron chi connectivity index (χ1n) is 6.16. The number of aliphatic hydroxyl groups excluding tert-OH is 2. The van der Waals surface area contributed by atoms with Gasteiger partial charge in [0, 0.05) is 31.2 Å². The molecule has 1 aromatic rings. The molecule has 0 radical (unpaired) electrons. The highest BCUT2D eigenvalue weighted by molar-refractivity contribution is 5.20. The van der Waals surface area contributed by atoms with E-state index in [2.05, 4.69) is 0 Å². The predicted octanol–water partition coefficient (Wildman–Crippen LogP) is 0.253. The molecule has 1 aromatic carbocycles. The number of halogens is 1. The van der Waals surface area contributed by atoms with Crippen molar-refractivity contribution < 1.29 is 14.6 Å². The maximum Gasteiger partial charge on any atom is 0.127 e. The van der Waals surface area contributed by atoms with E-state index in [0.29, 0.717) is 31.6 Å². The van der Waals surface area contributed by atoms with Gasteiger partial charge in [0.1, 0.15) is 5.82 Å². The van der Waals surface area contributed by atoms with E-state index in [4.69, 9.17) is 5.73 Å². The molecule has 1 aliphatic rings. The lowest BCUT2D eigenvalue weighted by Gasteiger charge is -2.18. The Balaban J connectivity index is 1.86. The van der Waals surface area contributed by atoms with Crippen LogP contribution in [-0.4, -0.2) is 47.0 Å². The summed E-state index contributed by atoms with van der Waals surface area (Å²) < 4.78 is 13.5. The van der Waals surface area contributed by atoms with Gasteiger partial charge in [-0.05, 0) is 12.5 Å². The van der Waals surface area contributed by atoms with Crippen molar-refractivity contribution in [2.24, 2.45) is 5.73 Å². The average molecular weight is 254 g/mol. The topological polar surface area (TPSA) is 69.7 Å². The lowest BCUT2D eigenvalue weighted by atomic mass is 10.0. The molecule has 1 aliphatic heterocycles. The van der Waals surface area contributed by atoms with Gasteiger partial charge in [0.15, 0.2) is 0 Å². The number of hydrogen-bond acceptors (Lipinski definition) is 4. The van der Waals surface area contributed by atoms with Gasteiger partial charge in [-0.3, -0.25) is 4.90 Å². The lowest BCUT2D eigenvalue weighted by molar-refractivity contribution is 0.0572. The van der Waals surface area contributed by atoms with E-state index in [1.165, 1.54) is 6.07 Å². The molecule has 0 bridgehead atoms. The highest BCUT2D eigenvalue weighted by Gasteiger charge is 2.29. The monoisotopic (exact) mass is 254 g/mol. The van der Waals surface area contributed by atoms with Gasteiger partial charge >= 0.3 is 0 Å². The van der Waals surface area contributed by atoms with Gasteiger partial charge in [-0.15, -0.1) is 0 Å². The van der Waals surface area contributed by atoms with Crippen molar-refractivity contribution in [3.05, 3.63) is 35.6 Å². The van der Waals surface area contributed by atoms with Crippen molar-refractivity contribution in [1.82, 2.24) is 4.90 Å². The molecule has 3 unspecified atom stereocenters. The van der Waals surface area contributed by atoms with E-state index in [-0.39, 0.29) is 11.9 Å². The first-order chi connectivity index (χ1) is 8.58. The van der Waals surface area contributed by atoms with Gasteiger partial charge < -0.3 is 15.9 Å². The van der Waals surface area contributed by atoms with Crippen LogP contribution in [0.2, 0.25) is 0 Å². The number of nitrogens with two attached hydrogens (primary N) is 1. The third kappa shape index (κ3) is 3.05. The predicted molar refractivity (Wildman–Crippen MR) is 66.4 cm³/mol. The molecule has 18 heavy (non-hydrogen) atoms. The zero-order chi connectivity index (χ0) is 13.1. The Labute approximate surface area is 106 Å². The van der Waals surface area contributed by atoms with E-state index in [0.717, 1.165) is 0 Å². The van der Waals surface area contributed by atoms with Gasteiger partial charge in [-0.25, -0.2) is 4.39 Å². The molecule has 0 spiro atoms. The minimum atomic E-state index is -0.685. The Bertz CT molecular complexity index is 392. The fourth-order valence-corrected chi connectivity index (χ4v) is 2.28. The number of β-amino-alcohol motifs (C(OH)–C–C–N with tert-alkyl or cyclic N) is 2. The lowest BCUT2D eigenvalue weighted by Crippen LogP contribution is -2.26. The van der Waals surface area contributed by atoms with E-state index in [9.17, 15) is 14.6 Å². The second-order valence-corrected chi connectivity index (χ2v) is 4.81. The van der Waals surface area contributed by atoms with E-state index in [1.54, 1.807) is 18.2 Å². The molecule has 5 heteroatoms. The molecule has 100 valence electrons. The molecule has 1 saturated heterocycles. The normalized spacial score (nSPS) is 26.4. The van der Waals surface area contributed by atoms with Gasteiger partial charge in [-0.2, -0.15) is 0 Å². The summed E-state index contributed by atoms with van der Waals surface area (Å²) in [5.41, 5.74) is 6.46. The molecular formula is C13H19FN2O2. The Morgan fingerprint density at radius 2 is 1.89 bits per heavy atom. The van der Waals surface area contributed by atoms with E-state index >= 15 is 0 Å². The summed E-state index contributed by atoms with van der Waals surface area (Å²) in [5.74, 6) is -0.286. The minimum Gasteiger partial charge on any atom is -0.389 e. The van der Waals surface area contributed by atoms with Gasteiger partial charge in [0.25, 0.3) is 0 Å². The fourth-order valence-electron chi connectivity index (χ4n) is 2.28. The highest BCUT2D eigenvalue weighted by atomic mass is 19.1. The van der Waals surface area contributed by atoms with Crippen LogP contribution in [0.1, 0.15) is 18.0 Å². The van der Waals surface area contributed by atoms with Crippen LogP contribution in [0.15, 0.2) is 24.3 Å². The summed E-state index contributed by atoms with van der Waals surface area (Å²) in [4.78, 5) is 1.94. The number of nitrogens with zero attached hydrogens (tertiary/aromatic N) is 1. The van der Waals surface area contributed by atoms with Crippen LogP contribution in [-0.2, 0) is 0 Å². The van der Waals surface area contributed by atoms with Crippen molar-refractivity contribution in [3.8, 4) is 0 Å². The van der Waals surface area contributed by atoms with Crippen molar-refractivity contribution in [3.63, 3.8) is 0 Å². The van der Waals surface area contributed by atoms with Gasteiger partial charge in [-0.1, -0.05) is 18.2 Å². The number of rotatable bonds is 4. The maximum atomic E-state index is 13.5. The molecule has 1 heterocycles. The number of aliphatic hydroxyl groups is 2. The Morgan fingerprint density at radius 1 is 1.28 bits per heavy atom. The van der Waals surface area contributed by atoms with E-state index in [1.807, 2.05) is 4.90 Å². The molecule has 1 fully saturated rings. The molecule has 0 aliphatic carbocycles. The van der Waals surface area contributed by atoms with Crippen LogP contribution in [0.3, 0.4) is 0 Å². The standard InChI is InChI=1S/C13H19FN2O2/c14-10-4-2-1-3-9(10)11(15)5-6-16-7-12(17)13(18)8-16/h1-4,11-13,17-18H,5-8,15H2. The van der Waals surface area contributed by atoms with E-state index < -0.39 is 12.2 Å². The quantitative estimate of drug-likeness (QED) is 0.720. The van der Waals surface area contributed by atoms with Gasteiger partial charge in [0.05, 0.1) is 12.2 Å². The summed E-state index contributed by atoms with van der Waals surface area (Å²) in [5, 5.41) is 18.8. The molecule has 0 amide bonds.